The molecule has 0 saturated heterocycles. The van der Waals surface area contributed by atoms with Crippen LogP contribution in [0.15, 0.2) is 36.7 Å². The number of aryl methyl sites for hydroxylation is 1. The first-order chi connectivity index (χ1) is 9.11. The van der Waals surface area contributed by atoms with Crippen LogP contribution >= 0.6 is 11.6 Å². The topological polar surface area (TPSA) is 50.9 Å². The molecule has 0 aliphatic rings. The lowest BCUT2D eigenvalue weighted by molar-refractivity contribution is 0.543. The number of nitrogens with zero attached hydrogens (tertiary/aromatic N) is 1. The Morgan fingerprint density at radius 3 is 2.84 bits per heavy atom. The summed E-state index contributed by atoms with van der Waals surface area (Å²) in [5.74, 6) is 5.32. The Kier molecular flexibility index (Phi) is 4.47. The van der Waals surface area contributed by atoms with Crippen molar-refractivity contribution < 1.29 is 4.39 Å². The highest BCUT2D eigenvalue weighted by atomic mass is 35.5. The summed E-state index contributed by atoms with van der Waals surface area (Å²) in [6, 6.07) is 6.72. The highest BCUT2D eigenvalue weighted by Gasteiger charge is 2.13. The van der Waals surface area contributed by atoms with Crippen LogP contribution in [-0.2, 0) is 6.42 Å². The van der Waals surface area contributed by atoms with E-state index in [4.69, 9.17) is 17.4 Å². The predicted octanol–water partition coefficient (Wildman–Crippen LogP) is 2.93. The van der Waals surface area contributed by atoms with Gasteiger partial charge in [-0.25, -0.2) is 4.39 Å². The summed E-state index contributed by atoms with van der Waals surface area (Å²) in [7, 11) is 0. The number of hydrogen-bond acceptors (Lipinski definition) is 3. The largest absolute Gasteiger partial charge is 0.271 e. The molecule has 2 aromatic rings. The van der Waals surface area contributed by atoms with Crippen LogP contribution in [0.1, 0.15) is 22.7 Å². The molecule has 3 nitrogen and oxygen atoms in total. The first-order valence-electron chi connectivity index (χ1n) is 5.92. The Morgan fingerprint density at radius 2 is 2.21 bits per heavy atom. The maximum absolute atomic E-state index is 13.6. The summed E-state index contributed by atoms with van der Waals surface area (Å²) in [6.45, 7) is 1.73. The van der Waals surface area contributed by atoms with Crippen LogP contribution in [0.5, 0.6) is 0 Å². The average molecular weight is 280 g/mol. The van der Waals surface area contributed by atoms with E-state index in [1.807, 2.05) is 12.1 Å². The molecule has 100 valence electrons. The molecule has 2 rings (SSSR count). The summed E-state index contributed by atoms with van der Waals surface area (Å²) in [4.78, 5) is 3.93. The lowest BCUT2D eigenvalue weighted by Crippen LogP contribution is -2.29. The quantitative estimate of drug-likeness (QED) is 0.668. The zero-order valence-corrected chi connectivity index (χ0v) is 11.3. The molecule has 0 bridgehead atoms. The van der Waals surface area contributed by atoms with Gasteiger partial charge in [0.15, 0.2) is 0 Å². The van der Waals surface area contributed by atoms with Crippen LogP contribution < -0.4 is 11.3 Å². The van der Waals surface area contributed by atoms with E-state index in [0.29, 0.717) is 17.0 Å². The number of rotatable bonds is 4. The maximum Gasteiger partial charge on any atom is 0.126 e. The van der Waals surface area contributed by atoms with Crippen molar-refractivity contribution in [2.45, 2.75) is 19.4 Å². The maximum atomic E-state index is 13.6. The molecule has 1 unspecified atom stereocenters. The highest BCUT2D eigenvalue weighted by Crippen LogP contribution is 2.23. The minimum atomic E-state index is -0.237. The molecule has 0 saturated carbocycles. The van der Waals surface area contributed by atoms with Gasteiger partial charge in [-0.3, -0.25) is 16.3 Å². The third-order valence-electron chi connectivity index (χ3n) is 3.08. The van der Waals surface area contributed by atoms with E-state index in [1.54, 1.807) is 25.4 Å². The van der Waals surface area contributed by atoms with Crippen molar-refractivity contribution in [3.05, 3.63) is 64.2 Å². The third kappa shape index (κ3) is 3.29. The molecule has 1 atom stereocenters. The van der Waals surface area contributed by atoms with Crippen molar-refractivity contribution in [2.75, 3.05) is 0 Å². The van der Waals surface area contributed by atoms with E-state index < -0.39 is 0 Å². The van der Waals surface area contributed by atoms with Crippen LogP contribution in [-0.4, -0.2) is 4.98 Å². The Bertz CT molecular complexity index is 574. The normalized spacial score (nSPS) is 12.4. The highest BCUT2D eigenvalue weighted by molar-refractivity contribution is 6.31. The predicted molar refractivity (Wildman–Crippen MR) is 74.2 cm³/mol. The summed E-state index contributed by atoms with van der Waals surface area (Å²) in [6.07, 6.45) is 3.82. The van der Waals surface area contributed by atoms with E-state index >= 15 is 0 Å². The molecular formula is C14H15ClFN3. The van der Waals surface area contributed by atoms with Crippen molar-refractivity contribution in [2.24, 2.45) is 5.84 Å². The second-order valence-corrected chi connectivity index (χ2v) is 4.81. The van der Waals surface area contributed by atoms with Crippen LogP contribution in [0.3, 0.4) is 0 Å². The molecule has 0 fully saturated rings. The standard InChI is InChI=1S/C14H15ClFN3/c1-9-2-3-11(6-13(9)16)14(19-17)7-10-4-5-18-8-12(10)15/h2-6,8,14,19H,7,17H2,1H3. The van der Waals surface area contributed by atoms with Crippen molar-refractivity contribution in [3.8, 4) is 0 Å². The average Bonchev–Trinajstić information content (AvgIpc) is 2.41. The molecule has 5 heteroatoms. The van der Waals surface area contributed by atoms with E-state index in [0.717, 1.165) is 11.1 Å². The number of aromatic nitrogens is 1. The fourth-order valence-corrected chi connectivity index (χ4v) is 2.08. The van der Waals surface area contributed by atoms with Gasteiger partial charge in [0.2, 0.25) is 0 Å². The van der Waals surface area contributed by atoms with E-state index in [2.05, 4.69) is 10.4 Å². The van der Waals surface area contributed by atoms with Gasteiger partial charge >= 0.3 is 0 Å². The van der Waals surface area contributed by atoms with Crippen molar-refractivity contribution in [1.29, 1.82) is 0 Å². The van der Waals surface area contributed by atoms with Crippen LogP contribution in [0.4, 0.5) is 4.39 Å². The van der Waals surface area contributed by atoms with Crippen molar-refractivity contribution >= 4 is 11.6 Å². The lowest BCUT2D eigenvalue weighted by Gasteiger charge is -2.17. The molecule has 0 amide bonds. The molecule has 1 heterocycles. The third-order valence-corrected chi connectivity index (χ3v) is 3.42. The minimum Gasteiger partial charge on any atom is -0.271 e. The first-order valence-corrected chi connectivity index (χ1v) is 6.30. The molecule has 1 aromatic heterocycles. The monoisotopic (exact) mass is 279 g/mol. The van der Waals surface area contributed by atoms with E-state index in [9.17, 15) is 4.39 Å². The van der Waals surface area contributed by atoms with Gasteiger partial charge in [0.05, 0.1) is 11.1 Å². The molecule has 0 radical (unpaired) electrons. The van der Waals surface area contributed by atoms with Gasteiger partial charge in [-0.2, -0.15) is 0 Å². The van der Waals surface area contributed by atoms with Gasteiger partial charge in [0, 0.05) is 12.4 Å². The summed E-state index contributed by atoms with van der Waals surface area (Å²) in [5, 5.41) is 0.579. The van der Waals surface area contributed by atoms with Gasteiger partial charge in [-0.1, -0.05) is 23.7 Å². The fraction of sp³-hybridized carbons (Fsp3) is 0.214. The summed E-state index contributed by atoms with van der Waals surface area (Å²) < 4.78 is 13.6. The number of pyridine rings is 1. The SMILES string of the molecule is Cc1ccc(C(Cc2ccncc2Cl)NN)cc1F. The summed E-state index contributed by atoms with van der Waals surface area (Å²) >= 11 is 6.06. The molecular weight excluding hydrogens is 265 g/mol. The Morgan fingerprint density at radius 1 is 1.42 bits per heavy atom. The van der Waals surface area contributed by atoms with E-state index in [-0.39, 0.29) is 11.9 Å². The van der Waals surface area contributed by atoms with Crippen LogP contribution in [0.25, 0.3) is 0 Å². The number of hydrazine groups is 1. The van der Waals surface area contributed by atoms with Gasteiger partial charge in [0.25, 0.3) is 0 Å². The Hall–Kier alpha value is -1.49. The van der Waals surface area contributed by atoms with Gasteiger partial charge in [0.1, 0.15) is 5.82 Å². The second-order valence-electron chi connectivity index (χ2n) is 4.40. The molecule has 1 aromatic carbocycles. The Balaban J connectivity index is 2.25. The lowest BCUT2D eigenvalue weighted by atomic mass is 9.99. The molecule has 0 aliphatic carbocycles. The fourth-order valence-electron chi connectivity index (χ4n) is 1.89. The number of halogens is 2. The van der Waals surface area contributed by atoms with E-state index in [1.165, 1.54) is 6.07 Å². The molecule has 0 aliphatic heterocycles. The van der Waals surface area contributed by atoms with Gasteiger partial charge in [-0.15, -0.1) is 0 Å². The van der Waals surface area contributed by atoms with Crippen molar-refractivity contribution in [3.63, 3.8) is 0 Å². The minimum absolute atomic E-state index is 0.199. The van der Waals surface area contributed by atoms with Gasteiger partial charge in [-0.05, 0) is 42.2 Å². The number of nitrogens with two attached hydrogens (primary N) is 1. The molecule has 0 spiro atoms. The molecule has 3 N–H and O–H groups in total. The number of nitrogens with one attached hydrogen (secondary N) is 1. The first kappa shape index (κ1) is 13.9. The smallest absolute Gasteiger partial charge is 0.126 e. The zero-order valence-electron chi connectivity index (χ0n) is 10.5. The van der Waals surface area contributed by atoms with Crippen LogP contribution in [0, 0.1) is 12.7 Å². The zero-order chi connectivity index (χ0) is 13.8. The molecule has 19 heavy (non-hydrogen) atoms. The summed E-state index contributed by atoms with van der Waals surface area (Å²) in [5.41, 5.74) is 5.01. The Labute approximate surface area is 116 Å². The number of hydrogen-bond donors (Lipinski definition) is 2. The van der Waals surface area contributed by atoms with Gasteiger partial charge < -0.3 is 0 Å². The van der Waals surface area contributed by atoms with Crippen LogP contribution in [0.2, 0.25) is 5.02 Å². The second kappa shape index (κ2) is 6.10. The van der Waals surface area contributed by atoms with Crippen molar-refractivity contribution in [1.82, 2.24) is 10.4 Å². The number of benzene rings is 1.